The Balaban J connectivity index is 2.38. The van der Waals surface area contributed by atoms with Crippen LogP contribution in [0, 0.1) is 10.1 Å². The van der Waals surface area contributed by atoms with Crippen molar-refractivity contribution in [2.75, 3.05) is 0 Å². The second kappa shape index (κ2) is 7.94. The fourth-order valence-corrected chi connectivity index (χ4v) is 3.61. The van der Waals surface area contributed by atoms with Gasteiger partial charge in [-0.3, -0.25) is 10.1 Å². The maximum atomic E-state index is 12.5. The van der Waals surface area contributed by atoms with Crippen LogP contribution < -0.4 is 4.83 Å². The highest BCUT2D eigenvalue weighted by atomic mass is 32.2. The van der Waals surface area contributed by atoms with Gasteiger partial charge in [0, 0.05) is 6.07 Å². The Morgan fingerprint density at radius 1 is 0.966 bits per heavy atom. The molecule has 0 spiro atoms. The first kappa shape index (κ1) is 22.5. The minimum Gasteiger partial charge on any atom is -0.258 e. The molecule has 156 valence electrons. The molecule has 0 amide bonds. The van der Waals surface area contributed by atoms with E-state index in [2.05, 4.69) is 57.5 Å². The van der Waals surface area contributed by atoms with E-state index in [9.17, 15) is 18.5 Å². The lowest BCUT2D eigenvalue weighted by molar-refractivity contribution is -0.387. The number of nitro groups is 1. The van der Waals surface area contributed by atoms with Crippen LogP contribution in [-0.4, -0.2) is 19.6 Å². The van der Waals surface area contributed by atoms with Crippen LogP contribution in [0.2, 0.25) is 0 Å². The van der Waals surface area contributed by atoms with E-state index in [0.717, 1.165) is 22.8 Å². The van der Waals surface area contributed by atoms with Gasteiger partial charge in [-0.25, -0.2) is 0 Å². The van der Waals surface area contributed by atoms with Crippen LogP contribution in [0.15, 0.2) is 52.5 Å². The second-order valence-corrected chi connectivity index (χ2v) is 10.6. The molecule has 2 aromatic rings. The van der Waals surface area contributed by atoms with Crippen molar-refractivity contribution in [3.05, 3.63) is 69.3 Å². The highest BCUT2D eigenvalue weighted by Gasteiger charge is 2.25. The largest absolute Gasteiger partial charge is 0.289 e. The molecule has 8 heteroatoms. The summed E-state index contributed by atoms with van der Waals surface area (Å²) in [4.78, 5) is 12.0. The van der Waals surface area contributed by atoms with Crippen LogP contribution in [0.4, 0.5) is 5.69 Å². The molecule has 1 N–H and O–H groups in total. The Morgan fingerprint density at radius 2 is 1.48 bits per heavy atom. The summed E-state index contributed by atoms with van der Waals surface area (Å²) in [7, 11) is -4.17. The molecule has 0 saturated heterocycles. The van der Waals surface area contributed by atoms with Gasteiger partial charge >= 0.3 is 0 Å². The first-order valence-electron chi connectivity index (χ1n) is 9.16. The van der Waals surface area contributed by atoms with Crippen LogP contribution in [0.25, 0.3) is 0 Å². The summed E-state index contributed by atoms with van der Waals surface area (Å²) in [6, 6.07) is 11.2. The van der Waals surface area contributed by atoms with Crippen LogP contribution in [0.3, 0.4) is 0 Å². The predicted octanol–water partition coefficient (Wildman–Crippen LogP) is 4.50. The number of sulfonamides is 1. The molecule has 0 aliphatic carbocycles. The van der Waals surface area contributed by atoms with E-state index < -0.39 is 25.5 Å². The zero-order valence-electron chi connectivity index (χ0n) is 17.6. The van der Waals surface area contributed by atoms with Gasteiger partial charge in [-0.1, -0.05) is 59.7 Å². The van der Waals surface area contributed by atoms with Gasteiger partial charge in [-0.2, -0.15) is 18.4 Å². The van der Waals surface area contributed by atoms with Gasteiger partial charge in [0.2, 0.25) is 0 Å². The monoisotopic (exact) mass is 417 g/mol. The summed E-state index contributed by atoms with van der Waals surface area (Å²) < 4.78 is 24.9. The number of nitro benzene ring substituents is 1. The van der Waals surface area contributed by atoms with Gasteiger partial charge in [0.15, 0.2) is 4.90 Å². The third-order valence-electron chi connectivity index (χ3n) is 4.43. The smallest absolute Gasteiger partial charge is 0.258 e. The van der Waals surface area contributed by atoms with E-state index in [1.165, 1.54) is 24.4 Å². The molecule has 0 aliphatic heterocycles. The summed E-state index contributed by atoms with van der Waals surface area (Å²) in [6.45, 7) is 12.6. The normalized spacial score (nSPS) is 12.9. The lowest BCUT2D eigenvalue weighted by atomic mass is 9.80. The fourth-order valence-electron chi connectivity index (χ4n) is 2.65. The summed E-state index contributed by atoms with van der Waals surface area (Å²) in [6.07, 6.45) is 1.41. The SMILES string of the molecule is CC(C)(C)c1cc(/C=N/NS(=O)(=O)c2ccccc2[N+](=O)[O-])cc(C(C)(C)C)c1. The fraction of sp³-hybridized carbons (Fsp3) is 0.381. The van der Waals surface area contributed by atoms with E-state index in [0.29, 0.717) is 0 Å². The number of nitrogens with one attached hydrogen (secondary N) is 1. The van der Waals surface area contributed by atoms with Crippen LogP contribution >= 0.6 is 0 Å². The van der Waals surface area contributed by atoms with Crippen molar-refractivity contribution in [3.63, 3.8) is 0 Å². The number of benzene rings is 2. The first-order chi connectivity index (χ1) is 13.2. The van der Waals surface area contributed by atoms with E-state index in [1.807, 2.05) is 12.1 Å². The molecule has 0 fully saturated rings. The molecule has 0 atom stereocenters. The standard InChI is InChI=1S/C21H27N3O4S/c1-20(2,3)16-11-15(12-17(13-16)21(4,5)6)14-22-23-29(27,28)19-10-8-7-9-18(19)24(25)26/h7-14,23H,1-6H3/b22-14+. The van der Waals surface area contributed by atoms with Gasteiger partial charge in [0.25, 0.3) is 15.7 Å². The summed E-state index contributed by atoms with van der Waals surface area (Å²) in [5, 5.41) is 15.0. The molecule has 0 aromatic heterocycles. The molecule has 29 heavy (non-hydrogen) atoms. The Hall–Kier alpha value is -2.74. The maximum absolute atomic E-state index is 12.5. The number of hydrazone groups is 1. The summed E-state index contributed by atoms with van der Waals surface area (Å²) in [5.74, 6) is 0. The Morgan fingerprint density at radius 3 is 1.97 bits per heavy atom. The van der Waals surface area contributed by atoms with Crippen molar-refractivity contribution in [2.24, 2.45) is 5.10 Å². The first-order valence-corrected chi connectivity index (χ1v) is 10.6. The maximum Gasteiger partial charge on any atom is 0.289 e. The minimum atomic E-state index is -4.17. The second-order valence-electron chi connectivity index (χ2n) is 8.92. The molecule has 7 nitrogen and oxygen atoms in total. The number of hydrogen-bond donors (Lipinski definition) is 1. The van der Waals surface area contributed by atoms with Crippen molar-refractivity contribution in [1.82, 2.24) is 4.83 Å². The molecule has 0 unspecified atom stereocenters. The average Bonchev–Trinajstić information content (AvgIpc) is 2.60. The van der Waals surface area contributed by atoms with Gasteiger partial charge in [0.1, 0.15) is 0 Å². The summed E-state index contributed by atoms with van der Waals surface area (Å²) in [5.41, 5.74) is 2.27. The number of para-hydroxylation sites is 1. The summed E-state index contributed by atoms with van der Waals surface area (Å²) >= 11 is 0. The van der Waals surface area contributed by atoms with Gasteiger partial charge in [-0.05, 0) is 45.7 Å². The third-order valence-corrected chi connectivity index (χ3v) is 5.70. The minimum absolute atomic E-state index is 0.0893. The lowest BCUT2D eigenvalue weighted by Crippen LogP contribution is -2.20. The van der Waals surface area contributed by atoms with E-state index in [4.69, 9.17) is 0 Å². The zero-order chi connectivity index (χ0) is 22.0. The van der Waals surface area contributed by atoms with E-state index >= 15 is 0 Å². The van der Waals surface area contributed by atoms with E-state index in [1.54, 1.807) is 0 Å². The Labute approximate surface area is 172 Å². The van der Waals surface area contributed by atoms with Crippen molar-refractivity contribution >= 4 is 21.9 Å². The van der Waals surface area contributed by atoms with Crippen LogP contribution in [-0.2, 0) is 20.9 Å². The van der Waals surface area contributed by atoms with Gasteiger partial charge in [-0.15, -0.1) is 0 Å². The molecule has 0 aliphatic rings. The average molecular weight is 418 g/mol. The van der Waals surface area contributed by atoms with Gasteiger partial charge in [0.05, 0.1) is 11.1 Å². The van der Waals surface area contributed by atoms with Crippen molar-refractivity contribution < 1.29 is 13.3 Å². The Bertz CT molecular complexity index is 1010. The number of nitrogens with zero attached hydrogens (tertiary/aromatic N) is 2. The zero-order valence-corrected chi connectivity index (χ0v) is 18.4. The predicted molar refractivity (Wildman–Crippen MR) is 115 cm³/mol. The molecular weight excluding hydrogens is 390 g/mol. The molecule has 0 bridgehead atoms. The molecule has 2 rings (SSSR count). The molecule has 0 heterocycles. The highest BCUT2D eigenvalue weighted by molar-refractivity contribution is 7.89. The molecule has 0 saturated carbocycles. The van der Waals surface area contributed by atoms with Crippen molar-refractivity contribution in [2.45, 2.75) is 57.3 Å². The molecule has 2 aromatic carbocycles. The van der Waals surface area contributed by atoms with Crippen LogP contribution in [0.1, 0.15) is 58.2 Å². The van der Waals surface area contributed by atoms with Gasteiger partial charge < -0.3 is 0 Å². The van der Waals surface area contributed by atoms with E-state index in [-0.39, 0.29) is 10.8 Å². The number of hydrogen-bond acceptors (Lipinski definition) is 5. The van der Waals surface area contributed by atoms with Crippen LogP contribution in [0.5, 0.6) is 0 Å². The molecular formula is C21H27N3O4S. The third kappa shape index (κ3) is 5.63. The quantitative estimate of drug-likeness (QED) is 0.439. The Kier molecular flexibility index (Phi) is 6.18. The number of rotatable bonds is 5. The highest BCUT2D eigenvalue weighted by Crippen LogP contribution is 2.30. The van der Waals surface area contributed by atoms with Crippen molar-refractivity contribution in [3.8, 4) is 0 Å². The van der Waals surface area contributed by atoms with Crippen molar-refractivity contribution in [1.29, 1.82) is 0 Å². The lowest BCUT2D eigenvalue weighted by Gasteiger charge is -2.25. The molecule has 0 radical (unpaired) electrons. The topological polar surface area (TPSA) is 102 Å².